The Balaban J connectivity index is 1.97. The van der Waals surface area contributed by atoms with Crippen molar-refractivity contribution in [2.75, 3.05) is 14.2 Å². The van der Waals surface area contributed by atoms with Crippen LogP contribution in [0, 0.1) is 16.7 Å². The molecule has 0 unspecified atom stereocenters. The highest BCUT2D eigenvalue weighted by atomic mass is 16.6. The van der Waals surface area contributed by atoms with E-state index in [0.29, 0.717) is 5.57 Å². The molecule has 2 bridgehead atoms. The van der Waals surface area contributed by atoms with Crippen LogP contribution in [0.15, 0.2) is 35.6 Å². The Labute approximate surface area is 202 Å². The van der Waals surface area contributed by atoms with E-state index in [9.17, 15) is 24.3 Å². The normalized spacial score (nSPS) is 39.1. The van der Waals surface area contributed by atoms with Crippen LogP contribution < -0.4 is 0 Å². The second kappa shape index (κ2) is 7.94. The summed E-state index contributed by atoms with van der Waals surface area (Å²) in [6.07, 6.45) is 2.22. The van der Waals surface area contributed by atoms with E-state index in [0.717, 1.165) is 0 Å². The molecule has 4 rings (SSSR count). The number of hydrogen-bond acceptors (Lipinski definition) is 10. The second-order valence-corrected chi connectivity index (χ2v) is 9.90. The fourth-order valence-electron chi connectivity index (χ4n) is 6.51. The van der Waals surface area contributed by atoms with Gasteiger partial charge in [-0.1, -0.05) is 6.58 Å². The van der Waals surface area contributed by atoms with E-state index in [2.05, 4.69) is 6.58 Å². The van der Waals surface area contributed by atoms with Gasteiger partial charge < -0.3 is 28.8 Å². The molecule has 0 aromatic heterocycles. The Hall–Kier alpha value is -3.14. The minimum atomic E-state index is -1.84. The van der Waals surface area contributed by atoms with E-state index in [-0.39, 0.29) is 37.0 Å². The third-order valence-corrected chi connectivity index (χ3v) is 8.03. The van der Waals surface area contributed by atoms with Crippen molar-refractivity contribution in [1.82, 2.24) is 0 Å². The van der Waals surface area contributed by atoms with Crippen molar-refractivity contribution in [3.63, 3.8) is 0 Å². The van der Waals surface area contributed by atoms with E-state index in [1.807, 2.05) is 0 Å². The highest BCUT2D eigenvalue weighted by Gasteiger charge is 2.76. The van der Waals surface area contributed by atoms with Crippen LogP contribution in [0.25, 0.3) is 0 Å². The van der Waals surface area contributed by atoms with Crippen molar-refractivity contribution in [3.05, 3.63) is 35.6 Å². The Morgan fingerprint density at radius 2 is 1.80 bits per heavy atom. The topological polar surface area (TPSA) is 135 Å². The lowest BCUT2D eigenvalue weighted by molar-refractivity contribution is -0.300. The van der Waals surface area contributed by atoms with E-state index in [4.69, 9.17) is 23.7 Å². The van der Waals surface area contributed by atoms with Crippen molar-refractivity contribution < 1.29 is 48.0 Å². The number of aliphatic hydroxyl groups is 1. The lowest BCUT2D eigenvalue weighted by Crippen LogP contribution is -2.64. The number of methoxy groups -OCH3 is 2. The van der Waals surface area contributed by atoms with Crippen LogP contribution in [0.3, 0.4) is 0 Å². The molecule has 2 fully saturated rings. The molecule has 4 aliphatic rings. The van der Waals surface area contributed by atoms with Crippen LogP contribution in [0.4, 0.5) is 0 Å². The zero-order valence-electron chi connectivity index (χ0n) is 20.5. The zero-order valence-corrected chi connectivity index (χ0v) is 20.5. The number of allylic oxidation sites excluding steroid dienone is 1. The van der Waals surface area contributed by atoms with Crippen LogP contribution in [-0.4, -0.2) is 60.7 Å². The molecular formula is C25H30O10. The summed E-state index contributed by atoms with van der Waals surface area (Å²) in [4.78, 5) is 50.7. The molecule has 3 aliphatic carbocycles. The number of ether oxygens (including phenoxy) is 5. The average molecular weight is 491 g/mol. The van der Waals surface area contributed by atoms with E-state index < -0.39 is 58.1 Å². The Kier molecular flexibility index (Phi) is 5.67. The minimum Gasteiger partial charge on any atom is -0.469 e. The first-order valence-corrected chi connectivity index (χ1v) is 11.4. The lowest BCUT2D eigenvalue weighted by Gasteiger charge is -2.57. The molecule has 2 saturated carbocycles. The molecule has 0 saturated heterocycles. The van der Waals surface area contributed by atoms with Gasteiger partial charge in [-0.05, 0) is 37.5 Å². The Morgan fingerprint density at radius 1 is 1.11 bits per heavy atom. The number of carbonyl (C=O) groups is 4. The average Bonchev–Trinajstić information content (AvgIpc) is 3.02. The number of hydrogen-bond donors (Lipinski definition) is 1. The van der Waals surface area contributed by atoms with Crippen LogP contribution in [0.1, 0.15) is 46.5 Å². The van der Waals surface area contributed by atoms with Crippen LogP contribution in [-0.2, 0) is 42.9 Å². The summed E-state index contributed by atoms with van der Waals surface area (Å²) in [6, 6.07) is 0. The molecule has 10 nitrogen and oxygen atoms in total. The van der Waals surface area contributed by atoms with Crippen molar-refractivity contribution >= 4 is 23.9 Å². The predicted molar refractivity (Wildman–Crippen MR) is 118 cm³/mol. The van der Waals surface area contributed by atoms with Gasteiger partial charge in [0.25, 0.3) is 0 Å². The molecule has 35 heavy (non-hydrogen) atoms. The van der Waals surface area contributed by atoms with Gasteiger partial charge in [0.1, 0.15) is 22.9 Å². The largest absolute Gasteiger partial charge is 0.469 e. The number of fused-ring (bicyclic) bond motifs is 1. The van der Waals surface area contributed by atoms with Crippen molar-refractivity contribution in [1.29, 1.82) is 0 Å². The van der Waals surface area contributed by atoms with Gasteiger partial charge in [-0.25, -0.2) is 0 Å². The summed E-state index contributed by atoms with van der Waals surface area (Å²) in [6.45, 7) is 8.11. The van der Waals surface area contributed by atoms with Gasteiger partial charge >= 0.3 is 23.9 Å². The van der Waals surface area contributed by atoms with E-state index >= 15 is 0 Å². The van der Waals surface area contributed by atoms with Crippen LogP contribution >= 0.6 is 0 Å². The molecule has 0 aromatic rings. The summed E-state index contributed by atoms with van der Waals surface area (Å²) in [5.74, 6) is -5.61. The predicted octanol–water partition coefficient (Wildman–Crippen LogP) is 1.86. The van der Waals surface area contributed by atoms with Crippen LogP contribution in [0.2, 0.25) is 0 Å². The maximum atomic E-state index is 13.5. The number of rotatable bonds is 4. The van der Waals surface area contributed by atoms with Gasteiger partial charge in [0.2, 0.25) is 5.79 Å². The summed E-state index contributed by atoms with van der Waals surface area (Å²) < 4.78 is 27.6. The summed E-state index contributed by atoms with van der Waals surface area (Å²) in [7, 11) is 2.39. The summed E-state index contributed by atoms with van der Waals surface area (Å²) >= 11 is 0. The molecule has 1 spiro atoms. The van der Waals surface area contributed by atoms with Gasteiger partial charge in [-0.15, -0.1) is 0 Å². The third-order valence-electron chi connectivity index (χ3n) is 8.03. The van der Waals surface area contributed by atoms with Crippen molar-refractivity contribution in [2.45, 2.75) is 63.9 Å². The molecule has 10 heteroatoms. The highest BCUT2D eigenvalue weighted by Crippen LogP contribution is 2.70. The molecule has 6 atom stereocenters. The standard InChI is InChI=1S/C25H30O10/c1-13-11-23-12-24(13,34-15(3)27)9-10-25(23,30)35-16-7-8-17(33-14(2)26)22(4,21(29)32-6)18(16)19(23)20(28)31-5/h7-8,17,19,30H,1,9-12H2,2-6H3/t17-,19+,22+,23+,24-,25+/m0/s1. The first kappa shape index (κ1) is 25.0. The van der Waals surface area contributed by atoms with Gasteiger partial charge in [-0.2, -0.15) is 0 Å². The Bertz CT molecular complexity index is 1090. The van der Waals surface area contributed by atoms with E-state index in [1.165, 1.54) is 47.1 Å². The molecule has 0 radical (unpaired) electrons. The SMILES string of the molecule is C=C1C[C@]23C[C@@]1(OC(C)=O)CC[C@@]2(O)OC1=C([C@@H]3C(=O)OC)[C@](C)(C(=O)OC)[C@@H](OC(C)=O)C=C1. The number of esters is 4. The second-order valence-electron chi connectivity index (χ2n) is 9.90. The highest BCUT2D eigenvalue weighted by molar-refractivity contribution is 5.88. The van der Waals surface area contributed by atoms with Gasteiger partial charge in [0, 0.05) is 32.3 Å². The van der Waals surface area contributed by atoms with Crippen LogP contribution in [0.5, 0.6) is 0 Å². The maximum absolute atomic E-state index is 13.5. The van der Waals surface area contributed by atoms with Gasteiger partial charge in [0.05, 0.1) is 25.6 Å². The monoisotopic (exact) mass is 490 g/mol. The molecule has 1 aliphatic heterocycles. The quantitative estimate of drug-likeness (QED) is 0.353. The van der Waals surface area contributed by atoms with Crippen molar-refractivity contribution in [2.24, 2.45) is 16.7 Å². The van der Waals surface area contributed by atoms with Gasteiger partial charge in [-0.3, -0.25) is 19.2 Å². The lowest BCUT2D eigenvalue weighted by atomic mass is 9.54. The summed E-state index contributed by atoms with van der Waals surface area (Å²) in [5.41, 5.74) is -3.45. The van der Waals surface area contributed by atoms with E-state index in [1.54, 1.807) is 0 Å². The third kappa shape index (κ3) is 3.26. The molecule has 1 heterocycles. The summed E-state index contributed by atoms with van der Waals surface area (Å²) in [5, 5.41) is 11.9. The Morgan fingerprint density at radius 3 is 2.37 bits per heavy atom. The molecule has 0 amide bonds. The first-order valence-electron chi connectivity index (χ1n) is 11.4. The molecular weight excluding hydrogens is 460 g/mol. The number of carbonyl (C=O) groups excluding carboxylic acids is 4. The first-order chi connectivity index (χ1) is 16.3. The molecule has 0 aromatic carbocycles. The smallest absolute Gasteiger partial charge is 0.320 e. The molecule has 1 N–H and O–H groups in total. The maximum Gasteiger partial charge on any atom is 0.320 e. The fourth-order valence-corrected chi connectivity index (χ4v) is 6.51. The minimum absolute atomic E-state index is 0.0324. The van der Waals surface area contributed by atoms with Crippen molar-refractivity contribution in [3.8, 4) is 0 Å². The fraction of sp³-hybridized carbons (Fsp3) is 0.600. The van der Waals surface area contributed by atoms with Gasteiger partial charge in [0.15, 0.2) is 0 Å². The zero-order chi connectivity index (χ0) is 26.0. The molecule has 190 valence electrons.